The van der Waals surface area contributed by atoms with E-state index in [1.165, 1.54) is 29.2 Å². The summed E-state index contributed by atoms with van der Waals surface area (Å²) in [6.45, 7) is 1.62. The molecule has 0 radical (unpaired) electrons. The number of ether oxygens (including phenoxy) is 1. The second kappa shape index (κ2) is 6.74. The van der Waals surface area contributed by atoms with E-state index < -0.39 is 18.1 Å². The predicted octanol–water partition coefficient (Wildman–Crippen LogP) is 3.39. The van der Waals surface area contributed by atoms with E-state index in [1.54, 1.807) is 0 Å². The van der Waals surface area contributed by atoms with Crippen molar-refractivity contribution in [3.05, 3.63) is 59.7 Å². The number of carbonyl (C=O) groups excluding carboxylic acids is 1. The molecule has 24 heavy (non-hydrogen) atoms. The Morgan fingerprint density at radius 1 is 1.08 bits per heavy atom. The van der Waals surface area contributed by atoms with Crippen LogP contribution in [0.4, 0.5) is 4.79 Å². The molecule has 5 heteroatoms. The number of aliphatic carboxylic acids is 1. The molecule has 1 aliphatic carbocycles. The highest BCUT2D eigenvalue weighted by molar-refractivity contribution is 5.80. The molecule has 0 aliphatic heterocycles. The van der Waals surface area contributed by atoms with Crippen molar-refractivity contribution < 1.29 is 19.4 Å². The van der Waals surface area contributed by atoms with Crippen molar-refractivity contribution in [3.8, 4) is 11.1 Å². The van der Waals surface area contributed by atoms with Crippen molar-refractivity contribution in [3.63, 3.8) is 0 Å². The van der Waals surface area contributed by atoms with E-state index in [9.17, 15) is 9.59 Å². The summed E-state index contributed by atoms with van der Waals surface area (Å²) in [6, 6.07) is 15.5. The monoisotopic (exact) mass is 325 g/mol. The maximum Gasteiger partial charge on any atom is 0.407 e. The van der Waals surface area contributed by atoms with Gasteiger partial charge in [0.1, 0.15) is 6.04 Å². The molecule has 1 atom stereocenters. The molecule has 0 aromatic heterocycles. The van der Waals surface area contributed by atoms with Crippen molar-refractivity contribution in [1.29, 1.82) is 0 Å². The first-order valence-electron chi connectivity index (χ1n) is 7.92. The largest absolute Gasteiger partial charge is 0.480 e. The summed E-state index contributed by atoms with van der Waals surface area (Å²) in [5, 5.41) is 11.1. The minimum absolute atomic E-state index is 0.182. The van der Waals surface area contributed by atoms with Crippen LogP contribution in [0.3, 0.4) is 0 Å². The summed E-state index contributed by atoms with van der Waals surface area (Å²) >= 11 is 0. The molecule has 1 aliphatic rings. The molecule has 0 saturated carbocycles. The molecule has 0 spiro atoms. The normalized spacial score (nSPS) is 13.7. The number of carbonyl (C=O) groups is 2. The Kier molecular flexibility index (Phi) is 4.51. The van der Waals surface area contributed by atoms with Gasteiger partial charge in [-0.1, -0.05) is 48.5 Å². The van der Waals surface area contributed by atoms with Gasteiger partial charge in [-0.2, -0.15) is 0 Å². The van der Waals surface area contributed by atoms with E-state index in [0.717, 1.165) is 0 Å². The molecule has 1 unspecified atom stereocenters. The third-order valence-corrected chi connectivity index (χ3v) is 4.31. The summed E-state index contributed by atoms with van der Waals surface area (Å²) in [6.07, 6.45) is -0.0485. The van der Waals surface area contributed by atoms with Gasteiger partial charge in [0.05, 0.1) is 6.61 Å². The fraction of sp³-hybridized carbons (Fsp3) is 0.263. The fourth-order valence-electron chi connectivity index (χ4n) is 3.12. The predicted molar refractivity (Wildman–Crippen MR) is 89.9 cm³/mol. The lowest BCUT2D eigenvalue weighted by atomic mass is 9.94. The fourth-order valence-corrected chi connectivity index (χ4v) is 3.12. The van der Waals surface area contributed by atoms with Gasteiger partial charge in [-0.25, -0.2) is 4.79 Å². The van der Waals surface area contributed by atoms with E-state index in [0.29, 0.717) is 6.42 Å². The lowest BCUT2D eigenvalue weighted by Gasteiger charge is -2.15. The number of hydrogen-bond acceptors (Lipinski definition) is 3. The molecule has 1 amide bonds. The van der Waals surface area contributed by atoms with E-state index >= 15 is 0 Å². The first-order valence-corrected chi connectivity index (χ1v) is 7.92. The number of rotatable bonds is 5. The van der Waals surface area contributed by atoms with E-state index in [-0.39, 0.29) is 12.5 Å². The highest BCUT2D eigenvalue weighted by Crippen LogP contribution is 2.45. The Morgan fingerprint density at radius 3 is 2.17 bits per heavy atom. The van der Waals surface area contributed by atoms with Crippen molar-refractivity contribution in [2.24, 2.45) is 0 Å². The molecule has 0 fully saturated rings. The highest BCUT2D eigenvalue weighted by Gasteiger charge is 2.27. The van der Waals surface area contributed by atoms with Crippen molar-refractivity contribution in [2.75, 3.05) is 6.61 Å². The average molecular weight is 325 g/mol. The zero-order valence-corrected chi connectivity index (χ0v) is 13.4. The lowest BCUT2D eigenvalue weighted by Crippen LogP contribution is -2.38. The smallest absolute Gasteiger partial charge is 0.407 e. The quantitative estimate of drug-likeness (QED) is 0.883. The summed E-state index contributed by atoms with van der Waals surface area (Å²) in [4.78, 5) is 22.3. The third kappa shape index (κ3) is 3.11. The van der Waals surface area contributed by atoms with Gasteiger partial charge in [-0.3, -0.25) is 4.79 Å². The number of nitrogens with one attached hydrogen (secondary N) is 1. The van der Waals surface area contributed by atoms with E-state index in [4.69, 9.17) is 9.84 Å². The molecular formula is C19H19NO4. The maximum atomic E-state index is 11.6. The molecular weight excluding hydrogens is 306 g/mol. The number of carboxylic acid groups (broad SMARTS) is 1. The van der Waals surface area contributed by atoms with Gasteiger partial charge in [0.15, 0.2) is 0 Å². The Morgan fingerprint density at radius 2 is 1.62 bits per heavy atom. The second-order valence-corrected chi connectivity index (χ2v) is 5.86. The molecule has 0 heterocycles. The highest BCUT2D eigenvalue weighted by atomic mass is 16.5. The Bertz CT molecular complexity index is 726. The topological polar surface area (TPSA) is 75.6 Å². The second-order valence-electron chi connectivity index (χ2n) is 5.86. The van der Waals surface area contributed by atoms with Crippen LogP contribution < -0.4 is 5.32 Å². The van der Waals surface area contributed by atoms with Crippen molar-refractivity contribution in [1.82, 2.24) is 5.32 Å². The van der Waals surface area contributed by atoms with Crippen LogP contribution in [-0.2, 0) is 9.53 Å². The summed E-state index contributed by atoms with van der Waals surface area (Å²) in [5.74, 6) is -0.910. The Balaban J connectivity index is 1.66. The van der Waals surface area contributed by atoms with Crippen LogP contribution in [0.2, 0.25) is 0 Å². The van der Waals surface area contributed by atoms with Gasteiger partial charge in [0.25, 0.3) is 0 Å². The SMILES string of the molecule is CC(NC(=O)OCCC1c2ccccc2-c2ccccc21)C(=O)O. The minimum atomic E-state index is -1.09. The summed E-state index contributed by atoms with van der Waals surface area (Å²) < 4.78 is 5.14. The number of benzene rings is 2. The van der Waals surface area contributed by atoms with Crippen LogP contribution in [0.15, 0.2) is 48.5 Å². The van der Waals surface area contributed by atoms with Crippen LogP contribution in [0.5, 0.6) is 0 Å². The average Bonchev–Trinajstić information content (AvgIpc) is 2.89. The molecule has 0 saturated heterocycles. The zero-order chi connectivity index (χ0) is 17.1. The standard InChI is InChI=1S/C19H19NO4/c1-12(18(21)22)20-19(23)24-11-10-17-15-8-4-2-6-13(15)14-7-3-5-9-16(14)17/h2-9,12,17H,10-11H2,1H3,(H,20,23)(H,21,22). The Hall–Kier alpha value is -2.82. The molecule has 2 N–H and O–H groups in total. The molecule has 124 valence electrons. The maximum absolute atomic E-state index is 11.6. The van der Waals surface area contributed by atoms with Gasteiger partial charge >= 0.3 is 12.1 Å². The number of carboxylic acids is 1. The molecule has 2 aromatic carbocycles. The minimum Gasteiger partial charge on any atom is -0.480 e. The summed E-state index contributed by atoms with van der Waals surface area (Å²) in [5.41, 5.74) is 4.92. The van der Waals surface area contributed by atoms with Gasteiger partial charge in [0, 0.05) is 5.92 Å². The van der Waals surface area contributed by atoms with E-state index in [1.807, 2.05) is 24.3 Å². The molecule has 0 bridgehead atoms. The van der Waals surface area contributed by atoms with Gasteiger partial charge in [0.2, 0.25) is 0 Å². The number of alkyl carbamates (subject to hydrolysis) is 1. The Labute approximate surface area is 140 Å². The first kappa shape index (κ1) is 16.1. The van der Waals surface area contributed by atoms with Crippen LogP contribution in [0.25, 0.3) is 11.1 Å². The molecule has 2 aromatic rings. The van der Waals surface area contributed by atoms with Gasteiger partial charge < -0.3 is 15.2 Å². The van der Waals surface area contributed by atoms with Crippen molar-refractivity contribution >= 4 is 12.1 Å². The van der Waals surface area contributed by atoms with Crippen LogP contribution in [0, 0.1) is 0 Å². The van der Waals surface area contributed by atoms with Crippen LogP contribution >= 0.6 is 0 Å². The lowest BCUT2D eigenvalue weighted by molar-refractivity contribution is -0.138. The van der Waals surface area contributed by atoms with Crippen molar-refractivity contribution in [2.45, 2.75) is 25.3 Å². The van der Waals surface area contributed by atoms with Gasteiger partial charge in [-0.15, -0.1) is 0 Å². The third-order valence-electron chi connectivity index (χ3n) is 4.31. The zero-order valence-electron chi connectivity index (χ0n) is 13.4. The molecule has 3 rings (SSSR count). The number of amides is 1. The van der Waals surface area contributed by atoms with E-state index in [2.05, 4.69) is 29.6 Å². The number of hydrogen-bond donors (Lipinski definition) is 2. The van der Waals surface area contributed by atoms with Crippen LogP contribution in [-0.4, -0.2) is 29.8 Å². The van der Waals surface area contributed by atoms with Gasteiger partial charge in [-0.05, 0) is 35.6 Å². The van der Waals surface area contributed by atoms with Crippen LogP contribution in [0.1, 0.15) is 30.4 Å². The molecule has 5 nitrogen and oxygen atoms in total. The number of fused-ring (bicyclic) bond motifs is 3. The summed E-state index contributed by atoms with van der Waals surface area (Å²) in [7, 11) is 0. The first-order chi connectivity index (χ1) is 11.6.